The van der Waals surface area contributed by atoms with Crippen LogP contribution >= 0.6 is 0 Å². The van der Waals surface area contributed by atoms with Crippen molar-refractivity contribution in [3.05, 3.63) is 35.9 Å². The van der Waals surface area contributed by atoms with Gasteiger partial charge in [0.05, 0.1) is 6.04 Å². The normalized spacial score (nSPS) is 17.4. The van der Waals surface area contributed by atoms with E-state index in [9.17, 15) is 12.8 Å². The molecule has 3 rings (SSSR count). The standard InChI is InChI=1S/C17H24FN7O2S/c1-12(15-20-16(19)22-17(21-15)23(2)3)24-8-10-25(11-9-24)28(26,27)14-7-5-4-6-13(14)18/h4-7,12H,8-11H2,1-3H3,(H2,19,20,21,22)/t12-/m0/s1. The Bertz CT molecular complexity index is 946. The molecule has 1 saturated heterocycles. The fourth-order valence-electron chi connectivity index (χ4n) is 3.07. The van der Waals surface area contributed by atoms with E-state index < -0.39 is 15.8 Å². The van der Waals surface area contributed by atoms with Crippen molar-refractivity contribution >= 4 is 21.9 Å². The molecule has 1 fully saturated rings. The average Bonchev–Trinajstić information content (AvgIpc) is 2.67. The van der Waals surface area contributed by atoms with Gasteiger partial charge in [0.1, 0.15) is 10.7 Å². The maximum atomic E-state index is 14.0. The highest BCUT2D eigenvalue weighted by atomic mass is 32.2. The van der Waals surface area contributed by atoms with Crippen LogP contribution in [0.15, 0.2) is 29.2 Å². The number of anilines is 2. The first kappa shape index (κ1) is 20.4. The highest BCUT2D eigenvalue weighted by Crippen LogP contribution is 2.24. The van der Waals surface area contributed by atoms with Gasteiger partial charge in [-0.1, -0.05) is 12.1 Å². The zero-order valence-corrected chi connectivity index (χ0v) is 16.9. The lowest BCUT2D eigenvalue weighted by atomic mass is 10.2. The minimum Gasteiger partial charge on any atom is -0.368 e. The summed E-state index contributed by atoms with van der Waals surface area (Å²) in [5, 5.41) is 0. The summed E-state index contributed by atoms with van der Waals surface area (Å²) in [5.41, 5.74) is 5.79. The summed E-state index contributed by atoms with van der Waals surface area (Å²) in [6, 6.07) is 5.26. The predicted molar refractivity (Wildman–Crippen MR) is 104 cm³/mol. The number of hydrogen-bond acceptors (Lipinski definition) is 8. The molecule has 11 heteroatoms. The van der Waals surface area contributed by atoms with Gasteiger partial charge in [0, 0.05) is 40.3 Å². The number of benzene rings is 1. The third kappa shape index (κ3) is 4.05. The first-order chi connectivity index (χ1) is 13.2. The molecule has 0 aliphatic carbocycles. The van der Waals surface area contributed by atoms with E-state index in [1.54, 1.807) is 4.90 Å². The molecule has 0 amide bonds. The molecule has 2 N–H and O–H groups in total. The third-order valence-electron chi connectivity index (χ3n) is 4.71. The van der Waals surface area contributed by atoms with Crippen molar-refractivity contribution in [2.45, 2.75) is 17.9 Å². The first-order valence-corrected chi connectivity index (χ1v) is 10.3. The zero-order valence-electron chi connectivity index (χ0n) is 16.1. The lowest BCUT2D eigenvalue weighted by molar-refractivity contribution is 0.141. The van der Waals surface area contributed by atoms with Crippen molar-refractivity contribution < 1.29 is 12.8 Å². The van der Waals surface area contributed by atoms with Gasteiger partial charge in [-0.15, -0.1) is 0 Å². The largest absolute Gasteiger partial charge is 0.368 e. The van der Waals surface area contributed by atoms with E-state index in [0.29, 0.717) is 24.9 Å². The number of nitrogens with zero attached hydrogens (tertiary/aromatic N) is 6. The Morgan fingerprint density at radius 3 is 2.36 bits per heavy atom. The number of sulfonamides is 1. The van der Waals surface area contributed by atoms with Crippen molar-refractivity contribution in [1.29, 1.82) is 0 Å². The van der Waals surface area contributed by atoms with E-state index in [4.69, 9.17) is 5.73 Å². The number of nitrogens with two attached hydrogens (primary N) is 1. The monoisotopic (exact) mass is 409 g/mol. The van der Waals surface area contributed by atoms with Gasteiger partial charge in [0.25, 0.3) is 0 Å². The summed E-state index contributed by atoms with van der Waals surface area (Å²) in [4.78, 5) is 16.3. The van der Waals surface area contributed by atoms with Crippen molar-refractivity contribution in [2.75, 3.05) is 50.9 Å². The van der Waals surface area contributed by atoms with Crippen molar-refractivity contribution in [3.8, 4) is 0 Å². The Labute approximate surface area is 164 Å². The molecule has 0 saturated carbocycles. The van der Waals surface area contributed by atoms with Crippen LogP contribution in [-0.4, -0.2) is 72.8 Å². The Kier molecular flexibility index (Phi) is 5.77. The molecule has 0 spiro atoms. The van der Waals surface area contributed by atoms with Crippen LogP contribution in [0.1, 0.15) is 18.8 Å². The predicted octanol–water partition coefficient (Wildman–Crippen LogP) is 0.726. The van der Waals surface area contributed by atoms with Gasteiger partial charge in [0.15, 0.2) is 5.82 Å². The molecule has 2 aromatic rings. The Balaban J connectivity index is 1.73. The second-order valence-electron chi connectivity index (χ2n) is 6.79. The average molecular weight is 409 g/mol. The van der Waals surface area contributed by atoms with Gasteiger partial charge in [-0.05, 0) is 19.1 Å². The van der Waals surface area contributed by atoms with Crippen LogP contribution in [0.3, 0.4) is 0 Å². The zero-order chi connectivity index (χ0) is 20.5. The van der Waals surface area contributed by atoms with E-state index in [0.717, 1.165) is 6.07 Å². The summed E-state index contributed by atoms with van der Waals surface area (Å²) in [6.45, 7) is 3.38. The Morgan fingerprint density at radius 2 is 1.75 bits per heavy atom. The summed E-state index contributed by atoms with van der Waals surface area (Å²) in [5.74, 6) is 0.396. The third-order valence-corrected chi connectivity index (χ3v) is 6.64. The molecule has 28 heavy (non-hydrogen) atoms. The minimum atomic E-state index is -3.87. The van der Waals surface area contributed by atoms with Gasteiger partial charge in [-0.3, -0.25) is 4.90 Å². The van der Waals surface area contributed by atoms with Crippen LogP contribution in [0.5, 0.6) is 0 Å². The number of piperazine rings is 1. The van der Waals surface area contributed by atoms with Gasteiger partial charge in [-0.25, -0.2) is 12.8 Å². The molecular weight excluding hydrogens is 385 g/mol. The first-order valence-electron chi connectivity index (χ1n) is 8.87. The topological polar surface area (TPSA) is 109 Å². The molecule has 2 heterocycles. The molecule has 1 aliphatic rings. The van der Waals surface area contributed by atoms with Crippen LogP contribution in [0.4, 0.5) is 16.3 Å². The van der Waals surface area contributed by atoms with Gasteiger partial charge in [-0.2, -0.15) is 19.3 Å². The van der Waals surface area contributed by atoms with Gasteiger partial charge in [0.2, 0.25) is 21.9 Å². The molecule has 0 bridgehead atoms. The SMILES string of the molecule is C[C@@H](c1nc(N)nc(N(C)C)n1)N1CCN(S(=O)(=O)c2ccccc2F)CC1. The van der Waals surface area contributed by atoms with Crippen molar-refractivity contribution in [3.63, 3.8) is 0 Å². The van der Waals surface area contributed by atoms with E-state index >= 15 is 0 Å². The van der Waals surface area contributed by atoms with Crippen molar-refractivity contribution in [1.82, 2.24) is 24.2 Å². The number of hydrogen-bond donors (Lipinski definition) is 1. The van der Waals surface area contributed by atoms with E-state index in [2.05, 4.69) is 19.9 Å². The van der Waals surface area contributed by atoms with Crippen LogP contribution in [-0.2, 0) is 10.0 Å². The van der Waals surface area contributed by atoms with Crippen molar-refractivity contribution in [2.24, 2.45) is 0 Å². The van der Waals surface area contributed by atoms with E-state index in [1.807, 2.05) is 21.0 Å². The highest BCUT2D eigenvalue weighted by Gasteiger charge is 2.32. The maximum Gasteiger partial charge on any atom is 0.246 e. The fourth-order valence-corrected chi connectivity index (χ4v) is 4.56. The quantitative estimate of drug-likeness (QED) is 0.770. The second kappa shape index (κ2) is 7.94. The van der Waals surface area contributed by atoms with Gasteiger partial charge < -0.3 is 10.6 Å². The molecule has 0 radical (unpaired) electrons. The van der Waals surface area contributed by atoms with E-state index in [1.165, 1.54) is 22.5 Å². The molecule has 1 aliphatic heterocycles. The summed E-state index contributed by atoms with van der Waals surface area (Å²) < 4.78 is 40.7. The molecule has 0 unspecified atom stereocenters. The number of aromatic nitrogens is 3. The molecule has 152 valence electrons. The highest BCUT2D eigenvalue weighted by molar-refractivity contribution is 7.89. The fraction of sp³-hybridized carbons (Fsp3) is 0.471. The molecule has 1 aromatic heterocycles. The Hall–Kier alpha value is -2.37. The Morgan fingerprint density at radius 1 is 1.11 bits per heavy atom. The molecule has 1 atom stereocenters. The lowest BCUT2D eigenvalue weighted by Crippen LogP contribution is -2.49. The van der Waals surface area contributed by atoms with Crippen LogP contribution in [0, 0.1) is 5.82 Å². The smallest absolute Gasteiger partial charge is 0.246 e. The number of halogens is 1. The lowest BCUT2D eigenvalue weighted by Gasteiger charge is -2.36. The second-order valence-corrected chi connectivity index (χ2v) is 8.70. The maximum absolute atomic E-state index is 14.0. The summed E-state index contributed by atoms with van der Waals surface area (Å²) >= 11 is 0. The number of rotatable bonds is 5. The van der Waals surface area contributed by atoms with Crippen LogP contribution < -0.4 is 10.6 Å². The van der Waals surface area contributed by atoms with E-state index in [-0.39, 0.29) is 30.0 Å². The summed E-state index contributed by atoms with van der Waals surface area (Å²) in [6.07, 6.45) is 0. The molecular formula is C17H24FN7O2S. The number of nitrogen functional groups attached to an aromatic ring is 1. The molecule has 1 aromatic carbocycles. The molecule has 9 nitrogen and oxygen atoms in total. The van der Waals surface area contributed by atoms with Crippen LogP contribution in [0.2, 0.25) is 0 Å². The summed E-state index contributed by atoms with van der Waals surface area (Å²) in [7, 11) is -0.237. The van der Waals surface area contributed by atoms with Crippen LogP contribution in [0.25, 0.3) is 0 Å². The van der Waals surface area contributed by atoms with Gasteiger partial charge >= 0.3 is 0 Å². The minimum absolute atomic E-state index is 0.140.